The third-order valence-corrected chi connectivity index (χ3v) is 4.02. The Morgan fingerprint density at radius 3 is 2.42 bits per heavy atom. The quantitative estimate of drug-likeness (QED) is 0.847. The second kappa shape index (κ2) is 7.73. The minimum Gasteiger partial charge on any atom is -0.493 e. The smallest absolute Gasteiger partial charge is 0.246 e. The Hall–Kier alpha value is -2.69. The Morgan fingerprint density at radius 1 is 1.04 bits per heavy atom. The zero-order chi connectivity index (χ0) is 17.7. The van der Waals surface area contributed by atoms with Crippen molar-refractivity contribution in [1.29, 1.82) is 0 Å². The lowest BCUT2D eigenvalue weighted by molar-refractivity contribution is -0.116. The molecule has 1 amide bonds. The molecule has 0 saturated heterocycles. The van der Waals surface area contributed by atoms with Gasteiger partial charge in [0.2, 0.25) is 5.91 Å². The van der Waals surface area contributed by atoms with Crippen LogP contribution in [0, 0.1) is 13.8 Å². The van der Waals surface area contributed by atoms with Crippen LogP contribution in [0.4, 0.5) is 11.4 Å². The highest BCUT2D eigenvalue weighted by Crippen LogP contribution is 2.29. The molecule has 0 spiro atoms. The zero-order valence-electron chi connectivity index (χ0n) is 14.8. The van der Waals surface area contributed by atoms with Gasteiger partial charge < -0.3 is 20.1 Å². The summed E-state index contributed by atoms with van der Waals surface area (Å²) in [5.74, 6) is 1.07. The Morgan fingerprint density at radius 2 is 1.75 bits per heavy atom. The average molecular weight is 328 g/mol. The van der Waals surface area contributed by atoms with Crippen molar-refractivity contribution in [2.45, 2.75) is 26.8 Å². The fraction of sp³-hybridized carbons (Fsp3) is 0.316. The summed E-state index contributed by atoms with van der Waals surface area (Å²) in [6, 6.07) is 10.9. The van der Waals surface area contributed by atoms with E-state index in [2.05, 4.69) is 23.6 Å². The van der Waals surface area contributed by atoms with Crippen molar-refractivity contribution in [1.82, 2.24) is 0 Å². The number of nitrogens with one attached hydrogen (secondary N) is 2. The topological polar surface area (TPSA) is 59.6 Å². The molecule has 2 N–H and O–H groups in total. The van der Waals surface area contributed by atoms with Gasteiger partial charge in [-0.25, -0.2) is 0 Å². The summed E-state index contributed by atoms with van der Waals surface area (Å²) in [4.78, 5) is 12.4. The van der Waals surface area contributed by atoms with E-state index >= 15 is 0 Å². The molecule has 2 rings (SSSR count). The standard InChI is InChI=1S/C19H24N2O3/c1-12-7-6-8-16(13(12)2)20-14(3)19(22)21-15-9-10-17(23-4)18(11-15)24-5/h6-11,14,20H,1-5H3,(H,21,22). The molecular weight excluding hydrogens is 304 g/mol. The summed E-state index contributed by atoms with van der Waals surface area (Å²) in [6.45, 7) is 5.92. The lowest BCUT2D eigenvalue weighted by Gasteiger charge is -2.18. The monoisotopic (exact) mass is 328 g/mol. The van der Waals surface area contributed by atoms with E-state index in [1.807, 2.05) is 26.0 Å². The van der Waals surface area contributed by atoms with Gasteiger partial charge in [-0.1, -0.05) is 12.1 Å². The molecule has 2 aromatic rings. The first-order valence-electron chi connectivity index (χ1n) is 7.82. The summed E-state index contributed by atoms with van der Waals surface area (Å²) in [7, 11) is 3.14. The SMILES string of the molecule is COc1ccc(NC(=O)C(C)Nc2cccc(C)c2C)cc1OC. The van der Waals surface area contributed by atoms with Crippen LogP contribution < -0.4 is 20.1 Å². The van der Waals surface area contributed by atoms with Crippen molar-refractivity contribution >= 4 is 17.3 Å². The molecule has 0 aliphatic rings. The van der Waals surface area contributed by atoms with E-state index in [1.54, 1.807) is 32.4 Å². The van der Waals surface area contributed by atoms with E-state index in [4.69, 9.17) is 9.47 Å². The van der Waals surface area contributed by atoms with Gasteiger partial charge in [-0.2, -0.15) is 0 Å². The molecule has 2 aromatic carbocycles. The second-order valence-corrected chi connectivity index (χ2v) is 5.67. The molecule has 1 unspecified atom stereocenters. The van der Waals surface area contributed by atoms with E-state index in [0.29, 0.717) is 17.2 Å². The van der Waals surface area contributed by atoms with Gasteiger partial charge in [0.15, 0.2) is 11.5 Å². The van der Waals surface area contributed by atoms with Crippen LogP contribution in [0.15, 0.2) is 36.4 Å². The summed E-state index contributed by atoms with van der Waals surface area (Å²) in [6.07, 6.45) is 0. The van der Waals surface area contributed by atoms with Crippen LogP contribution in [0.25, 0.3) is 0 Å². The number of benzene rings is 2. The number of amides is 1. The molecular formula is C19H24N2O3. The van der Waals surface area contributed by atoms with Crippen LogP contribution in [0.2, 0.25) is 0 Å². The largest absolute Gasteiger partial charge is 0.493 e. The molecule has 0 aromatic heterocycles. The average Bonchev–Trinajstić information content (AvgIpc) is 2.58. The van der Waals surface area contributed by atoms with E-state index in [1.165, 1.54) is 5.56 Å². The van der Waals surface area contributed by atoms with Crippen LogP contribution in [-0.4, -0.2) is 26.2 Å². The van der Waals surface area contributed by atoms with Crippen molar-refractivity contribution in [2.75, 3.05) is 24.9 Å². The molecule has 0 radical (unpaired) electrons. The third-order valence-electron chi connectivity index (χ3n) is 4.02. The summed E-state index contributed by atoms with van der Waals surface area (Å²) < 4.78 is 10.4. The molecule has 0 bridgehead atoms. The van der Waals surface area contributed by atoms with Crippen LogP contribution in [0.5, 0.6) is 11.5 Å². The number of carbonyl (C=O) groups is 1. The first-order valence-corrected chi connectivity index (χ1v) is 7.82. The zero-order valence-corrected chi connectivity index (χ0v) is 14.8. The molecule has 128 valence electrons. The van der Waals surface area contributed by atoms with Gasteiger partial charge in [0.05, 0.1) is 14.2 Å². The molecule has 5 nitrogen and oxygen atoms in total. The molecule has 5 heteroatoms. The number of carbonyl (C=O) groups excluding carboxylic acids is 1. The highest BCUT2D eigenvalue weighted by atomic mass is 16.5. The van der Waals surface area contributed by atoms with Gasteiger partial charge in [0, 0.05) is 17.4 Å². The van der Waals surface area contributed by atoms with E-state index in [-0.39, 0.29) is 11.9 Å². The molecule has 24 heavy (non-hydrogen) atoms. The number of rotatable bonds is 6. The number of ether oxygens (including phenoxy) is 2. The van der Waals surface area contributed by atoms with Crippen molar-refractivity contribution in [3.63, 3.8) is 0 Å². The Kier molecular flexibility index (Phi) is 5.68. The van der Waals surface area contributed by atoms with E-state index in [9.17, 15) is 4.79 Å². The van der Waals surface area contributed by atoms with Crippen LogP contribution in [0.3, 0.4) is 0 Å². The van der Waals surface area contributed by atoms with Crippen molar-refractivity contribution in [2.24, 2.45) is 0 Å². The number of aryl methyl sites for hydroxylation is 1. The molecule has 0 fully saturated rings. The van der Waals surface area contributed by atoms with Gasteiger partial charge in [0.25, 0.3) is 0 Å². The highest BCUT2D eigenvalue weighted by Gasteiger charge is 2.15. The maximum atomic E-state index is 12.4. The van der Waals surface area contributed by atoms with Crippen molar-refractivity contribution < 1.29 is 14.3 Å². The summed E-state index contributed by atoms with van der Waals surface area (Å²) >= 11 is 0. The Labute approximate surface area is 143 Å². The number of hydrogen-bond acceptors (Lipinski definition) is 4. The fourth-order valence-corrected chi connectivity index (χ4v) is 2.37. The van der Waals surface area contributed by atoms with Crippen LogP contribution >= 0.6 is 0 Å². The lowest BCUT2D eigenvalue weighted by Crippen LogP contribution is -2.32. The first kappa shape index (κ1) is 17.7. The van der Waals surface area contributed by atoms with Crippen LogP contribution in [-0.2, 0) is 4.79 Å². The highest BCUT2D eigenvalue weighted by molar-refractivity contribution is 5.96. The van der Waals surface area contributed by atoms with Crippen LogP contribution in [0.1, 0.15) is 18.1 Å². The Balaban J connectivity index is 2.07. The Bertz CT molecular complexity index is 729. The van der Waals surface area contributed by atoms with Gasteiger partial charge in [-0.3, -0.25) is 4.79 Å². The molecule has 1 atom stereocenters. The van der Waals surface area contributed by atoms with Crippen molar-refractivity contribution in [3.05, 3.63) is 47.5 Å². The maximum Gasteiger partial charge on any atom is 0.246 e. The molecule has 0 saturated carbocycles. The number of methoxy groups -OCH3 is 2. The van der Waals surface area contributed by atoms with Crippen molar-refractivity contribution in [3.8, 4) is 11.5 Å². The molecule has 0 aliphatic heterocycles. The fourth-order valence-electron chi connectivity index (χ4n) is 2.37. The lowest BCUT2D eigenvalue weighted by atomic mass is 10.1. The summed E-state index contributed by atoms with van der Waals surface area (Å²) in [5, 5.41) is 6.14. The first-order chi connectivity index (χ1) is 11.5. The van der Waals surface area contributed by atoms with Gasteiger partial charge in [0.1, 0.15) is 6.04 Å². The maximum absolute atomic E-state index is 12.4. The van der Waals surface area contributed by atoms with Gasteiger partial charge in [-0.05, 0) is 50.1 Å². The van der Waals surface area contributed by atoms with Gasteiger partial charge >= 0.3 is 0 Å². The second-order valence-electron chi connectivity index (χ2n) is 5.67. The summed E-state index contributed by atoms with van der Waals surface area (Å²) in [5.41, 5.74) is 3.95. The third kappa shape index (κ3) is 3.98. The normalized spacial score (nSPS) is 11.5. The minimum absolute atomic E-state index is 0.122. The predicted octanol–water partition coefficient (Wildman–Crippen LogP) is 3.76. The van der Waals surface area contributed by atoms with Gasteiger partial charge in [-0.15, -0.1) is 0 Å². The molecule has 0 aliphatic carbocycles. The predicted molar refractivity (Wildman–Crippen MR) is 97.2 cm³/mol. The number of hydrogen-bond donors (Lipinski definition) is 2. The number of anilines is 2. The van der Waals surface area contributed by atoms with E-state index in [0.717, 1.165) is 11.3 Å². The van der Waals surface area contributed by atoms with E-state index < -0.39 is 0 Å². The molecule has 0 heterocycles. The minimum atomic E-state index is -0.376.